The topological polar surface area (TPSA) is 101 Å². The van der Waals surface area contributed by atoms with Crippen molar-refractivity contribution in [2.45, 2.75) is 49.1 Å². The van der Waals surface area contributed by atoms with Crippen LogP contribution in [0.25, 0.3) is 0 Å². The number of carbonyl (C=O) groups is 1. The molecule has 1 aromatic heterocycles. The molecule has 1 amide bonds. The minimum Gasteiger partial charge on any atom is -0.296 e. The first-order chi connectivity index (χ1) is 14.5. The fraction of sp³-hybridized carbons (Fsp3) is 0.286. The van der Waals surface area contributed by atoms with Crippen LogP contribution in [0.4, 0.5) is 10.8 Å². The highest BCUT2D eigenvalue weighted by Gasteiger charge is 2.20. The number of nitrogens with zero attached hydrogens (tertiary/aromatic N) is 2. The molecule has 3 rings (SSSR count). The van der Waals surface area contributed by atoms with Gasteiger partial charge in [-0.2, -0.15) is 0 Å². The molecule has 0 aliphatic heterocycles. The Morgan fingerprint density at radius 3 is 2.35 bits per heavy atom. The molecule has 2 aromatic carbocycles. The number of anilines is 2. The van der Waals surface area contributed by atoms with E-state index in [4.69, 9.17) is 0 Å². The lowest BCUT2D eigenvalue weighted by molar-refractivity contribution is 0.102. The summed E-state index contributed by atoms with van der Waals surface area (Å²) in [4.78, 5) is 12.7. The first kappa shape index (κ1) is 23.2. The maximum atomic E-state index is 13.0. The molecule has 0 fully saturated rings. The van der Waals surface area contributed by atoms with Crippen LogP contribution < -0.4 is 10.0 Å². The summed E-state index contributed by atoms with van der Waals surface area (Å²) >= 11 is 2.84. The molecular weight excluding hydrogens is 452 g/mol. The number of benzene rings is 2. The summed E-state index contributed by atoms with van der Waals surface area (Å²) in [6.45, 7) is 9.59. The van der Waals surface area contributed by atoms with Gasteiger partial charge < -0.3 is 0 Å². The van der Waals surface area contributed by atoms with Crippen LogP contribution in [-0.4, -0.2) is 29.8 Å². The van der Waals surface area contributed by atoms with E-state index in [2.05, 4.69) is 20.2 Å². The van der Waals surface area contributed by atoms with E-state index >= 15 is 0 Å². The normalized spacial score (nSPS) is 11.5. The van der Waals surface area contributed by atoms with Gasteiger partial charge in [-0.15, -0.1) is 10.2 Å². The van der Waals surface area contributed by atoms with E-state index in [1.165, 1.54) is 17.4 Å². The zero-order valence-electron chi connectivity index (χ0n) is 17.9. The summed E-state index contributed by atoms with van der Waals surface area (Å²) in [6.07, 6.45) is 0. The van der Waals surface area contributed by atoms with E-state index in [0.29, 0.717) is 21.6 Å². The third kappa shape index (κ3) is 6.05. The van der Waals surface area contributed by atoms with Gasteiger partial charge in [0.1, 0.15) is 0 Å². The van der Waals surface area contributed by atoms with Crippen LogP contribution in [-0.2, 0) is 10.0 Å². The number of aromatic nitrogens is 2. The zero-order valence-corrected chi connectivity index (χ0v) is 20.3. The number of carbonyl (C=O) groups excluding carboxylic acids is 1. The lowest BCUT2D eigenvalue weighted by Gasteiger charge is -2.13. The average molecular weight is 477 g/mol. The number of sulfonamides is 1. The molecule has 0 radical (unpaired) electrons. The summed E-state index contributed by atoms with van der Waals surface area (Å²) in [5.41, 5.74) is 3.15. The lowest BCUT2D eigenvalue weighted by atomic mass is 10.1. The fourth-order valence-corrected chi connectivity index (χ4v) is 6.24. The van der Waals surface area contributed by atoms with Gasteiger partial charge in [0.05, 0.1) is 4.90 Å². The minimum atomic E-state index is -3.87. The molecule has 0 aliphatic carbocycles. The molecule has 7 nitrogen and oxygen atoms in total. The summed E-state index contributed by atoms with van der Waals surface area (Å²) in [7, 11) is -3.87. The van der Waals surface area contributed by atoms with E-state index < -0.39 is 15.9 Å². The molecule has 0 spiro atoms. The molecule has 10 heteroatoms. The number of rotatable bonds is 7. The highest BCUT2D eigenvalue weighted by atomic mass is 32.2. The second-order valence-electron chi connectivity index (χ2n) is 7.46. The van der Waals surface area contributed by atoms with E-state index in [1.807, 2.05) is 33.8 Å². The van der Waals surface area contributed by atoms with E-state index in [-0.39, 0.29) is 10.5 Å². The van der Waals surface area contributed by atoms with Gasteiger partial charge in [-0.25, -0.2) is 8.42 Å². The van der Waals surface area contributed by atoms with Crippen LogP contribution in [0.15, 0.2) is 45.6 Å². The molecule has 0 saturated heterocycles. The van der Waals surface area contributed by atoms with Crippen molar-refractivity contribution < 1.29 is 13.2 Å². The first-order valence-electron chi connectivity index (χ1n) is 9.57. The number of hydrogen-bond acceptors (Lipinski definition) is 7. The summed E-state index contributed by atoms with van der Waals surface area (Å²) in [6, 6.07) is 10.1. The van der Waals surface area contributed by atoms with Crippen LogP contribution in [0.3, 0.4) is 0 Å². The predicted molar refractivity (Wildman–Crippen MR) is 127 cm³/mol. The maximum Gasteiger partial charge on any atom is 0.262 e. The van der Waals surface area contributed by atoms with Crippen molar-refractivity contribution in [3.8, 4) is 0 Å². The standard InChI is InChI=1S/C21H24N4O3S3/c1-12(2)29-21-24-23-20(30-21)22-19(26)16-7-6-15(5)18(11-16)31(27,28)25-17-9-13(3)8-14(4)10-17/h6-12,25H,1-5H3,(H,22,23,26). The molecule has 1 heterocycles. The Morgan fingerprint density at radius 1 is 1.03 bits per heavy atom. The molecule has 0 atom stereocenters. The Kier molecular flexibility index (Phi) is 7.03. The van der Waals surface area contributed by atoms with Gasteiger partial charge in [0.2, 0.25) is 5.13 Å². The Hall–Kier alpha value is -2.43. The Balaban J connectivity index is 1.83. The van der Waals surface area contributed by atoms with Crippen molar-refractivity contribution in [3.05, 3.63) is 58.7 Å². The van der Waals surface area contributed by atoms with Gasteiger partial charge in [-0.05, 0) is 61.7 Å². The maximum absolute atomic E-state index is 13.0. The van der Waals surface area contributed by atoms with Crippen LogP contribution in [0.1, 0.15) is 40.9 Å². The summed E-state index contributed by atoms with van der Waals surface area (Å²) < 4.78 is 29.4. The van der Waals surface area contributed by atoms with Crippen molar-refractivity contribution in [3.63, 3.8) is 0 Å². The van der Waals surface area contributed by atoms with Crippen LogP contribution in [0, 0.1) is 20.8 Å². The highest BCUT2D eigenvalue weighted by Crippen LogP contribution is 2.29. The van der Waals surface area contributed by atoms with Crippen LogP contribution in [0.2, 0.25) is 0 Å². The van der Waals surface area contributed by atoms with Gasteiger partial charge in [-0.1, -0.05) is 49.1 Å². The van der Waals surface area contributed by atoms with Crippen molar-refractivity contribution in [1.82, 2.24) is 10.2 Å². The van der Waals surface area contributed by atoms with Crippen LogP contribution >= 0.6 is 23.1 Å². The van der Waals surface area contributed by atoms with Gasteiger partial charge in [0.15, 0.2) is 4.34 Å². The van der Waals surface area contributed by atoms with Crippen LogP contribution in [0.5, 0.6) is 0 Å². The molecule has 2 N–H and O–H groups in total. The minimum absolute atomic E-state index is 0.0487. The van der Waals surface area contributed by atoms with E-state index in [0.717, 1.165) is 15.5 Å². The second-order valence-corrected chi connectivity index (χ2v) is 11.9. The third-order valence-corrected chi connectivity index (χ3v) is 7.63. The first-order valence-corrected chi connectivity index (χ1v) is 12.7. The Morgan fingerprint density at radius 2 is 1.71 bits per heavy atom. The van der Waals surface area contributed by atoms with E-state index in [9.17, 15) is 13.2 Å². The molecular formula is C21H24N4O3S3. The molecule has 164 valence electrons. The number of nitrogens with one attached hydrogen (secondary N) is 2. The molecule has 0 aliphatic rings. The fourth-order valence-electron chi connectivity index (χ4n) is 2.95. The lowest BCUT2D eigenvalue weighted by Crippen LogP contribution is -2.17. The van der Waals surface area contributed by atoms with Crippen molar-refractivity contribution in [2.75, 3.05) is 10.0 Å². The highest BCUT2D eigenvalue weighted by molar-refractivity contribution is 8.01. The summed E-state index contributed by atoms with van der Waals surface area (Å²) in [5, 5.41) is 11.4. The predicted octanol–water partition coefficient (Wildman–Crippen LogP) is 5.02. The monoisotopic (exact) mass is 476 g/mol. The Bertz CT molecular complexity index is 1200. The zero-order chi connectivity index (χ0) is 22.8. The van der Waals surface area contributed by atoms with Crippen molar-refractivity contribution >= 4 is 49.8 Å². The SMILES string of the molecule is Cc1cc(C)cc(NS(=O)(=O)c2cc(C(=O)Nc3nnc(SC(C)C)s3)ccc2C)c1. The number of hydrogen-bond donors (Lipinski definition) is 2. The van der Waals surface area contributed by atoms with Gasteiger partial charge in [0, 0.05) is 16.5 Å². The average Bonchev–Trinajstić information content (AvgIpc) is 3.06. The molecule has 0 unspecified atom stereocenters. The Labute approximate surface area is 190 Å². The molecule has 31 heavy (non-hydrogen) atoms. The van der Waals surface area contributed by atoms with Crippen molar-refractivity contribution in [1.29, 1.82) is 0 Å². The van der Waals surface area contributed by atoms with E-state index in [1.54, 1.807) is 43.0 Å². The second kappa shape index (κ2) is 9.37. The quantitative estimate of drug-likeness (QED) is 0.367. The van der Waals surface area contributed by atoms with Gasteiger partial charge in [-0.3, -0.25) is 14.8 Å². The van der Waals surface area contributed by atoms with Gasteiger partial charge >= 0.3 is 0 Å². The van der Waals surface area contributed by atoms with Gasteiger partial charge in [0.25, 0.3) is 15.9 Å². The number of amides is 1. The van der Waals surface area contributed by atoms with Crippen molar-refractivity contribution in [2.24, 2.45) is 0 Å². The molecule has 3 aromatic rings. The number of aryl methyl sites for hydroxylation is 3. The number of thioether (sulfide) groups is 1. The molecule has 0 bridgehead atoms. The summed E-state index contributed by atoms with van der Waals surface area (Å²) in [5.74, 6) is -0.444. The molecule has 0 saturated carbocycles. The largest absolute Gasteiger partial charge is 0.296 e. The smallest absolute Gasteiger partial charge is 0.262 e. The third-order valence-electron chi connectivity index (χ3n) is 4.18.